The molecule has 5 nitrogen and oxygen atoms in total. The Morgan fingerprint density at radius 1 is 1.25 bits per heavy atom. The lowest BCUT2D eigenvalue weighted by Gasteiger charge is -2.11. The number of nitrogen functional groups attached to an aromatic ring is 1. The molecular formula is C15H18N4O. The fourth-order valence-electron chi connectivity index (χ4n) is 1.88. The Morgan fingerprint density at radius 2 is 2.05 bits per heavy atom. The number of anilines is 2. The molecule has 0 aliphatic rings. The van der Waals surface area contributed by atoms with E-state index in [1.807, 2.05) is 24.3 Å². The molecule has 20 heavy (non-hydrogen) atoms. The van der Waals surface area contributed by atoms with Crippen molar-refractivity contribution < 1.29 is 4.79 Å². The highest BCUT2D eigenvalue weighted by Crippen LogP contribution is 2.20. The quantitative estimate of drug-likeness (QED) is 0.589. The summed E-state index contributed by atoms with van der Waals surface area (Å²) in [6.45, 7) is 4.22. The van der Waals surface area contributed by atoms with Gasteiger partial charge in [0, 0.05) is 11.9 Å². The van der Waals surface area contributed by atoms with Gasteiger partial charge in [-0.15, -0.1) is 0 Å². The first kappa shape index (κ1) is 14.0. The zero-order valence-corrected chi connectivity index (χ0v) is 11.6. The largest absolute Gasteiger partial charge is 0.322 e. The van der Waals surface area contributed by atoms with E-state index < -0.39 is 0 Å². The van der Waals surface area contributed by atoms with E-state index in [1.54, 1.807) is 18.3 Å². The standard InChI is InChI=1S/C15H18N4O/c1-10(2)11-5-3-6-12(9-11)18-15(20)13-7-4-8-17-14(13)19-16/h3-10H,16H2,1-2H3,(H,17,19)(H,18,20). The number of nitrogens with two attached hydrogens (primary N) is 1. The average molecular weight is 270 g/mol. The second-order valence-electron chi connectivity index (χ2n) is 4.78. The van der Waals surface area contributed by atoms with Crippen LogP contribution in [0.15, 0.2) is 42.6 Å². The molecule has 5 heteroatoms. The lowest BCUT2D eigenvalue weighted by Crippen LogP contribution is -2.18. The van der Waals surface area contributed by atoms with Gasteiger partial charge in [0.15, 0.2) is 5.82 Å². The molecule has 0 unspecified atom stereocenters. The summed E-state index contributed by atoms with van der Waals surface area (Å²) in [6.07, 6.45) is 1.57. The fourth-order valence-corrected chi connectivity index (χ4v) is 1.88. The number of nitrogens with zero attached hydrogens (tertiary/aromatic N) is 1. The van der Waals surface area contributed by atoms with Gasteiger partial charge < -0.3 is 10.7 Å². The van der Waals surface area contributed by atoms with Crippen LogP contribution in [0, 0.1) is 0 Å². The van der Waals surface area contributed by atoms with Crippen molar-refractivity contribution in [3.05, 3.63) is 53.7 Å². The number of hydrogen-bond donors (Lipinski definition) is 3. The summed E-state index contributed by atoms with van der Waals surface area (Å²) in [5, 5.41) is 2.85. The fraction of sp³-hybridized carbons (Fsp3) is 0.200. The zero-order valence-electron chi connectivity index (χ0n) is 11.6. The molecule has 0 spiro atoms. The van der Waals surface area contributed by atoms with E-state index in [2.05, 4.69) is 29.6 Å². The number of carbonyl (C=O) groups is 1. The Bertz CT molecular complexity index is 610. The molecule has 0 fully saturated rings. The summed E-state index contributed by atoms with van der Waals surface area (Å²) in [4.78, 5) is 16.2. The summed E-state index contributed by atoms with van der Waals surface area (Å²) in [6, 6.07) is 11.2. The predicted octanol–water partition coefficient (Wildman–Crippen LogP) is 2.74. The van der Waals surface area contributed by atoms with E-state index in [4.69, 9.17) is 5.84 Å². The Labute approximate surface area is 118 Å². The van der Waals surface area contributed by atoms with Gasteiger partial charge in [-0.3, -0.25) is 4.79 Å². The highest BCUT2D eigenvalue weighted by atomic mass is 16.1. The minimum absolute atomic E-state index is 0.244. The van der Waals surface area contributed by atoms with Crippen LogP contribution >= 0.6 is 0 Å². The molecule has 2 rings (SSSR count). The van der Waals surface area contributed by atoms with Gasteiger partial charge in [0.1, 0.15) is 0 Å². The summed E-state index contributed by atoms with van der Waals surface area (Å²) in [5.41, 5.74) is 4.76. The van der Waals surface area contributed by atoms with Crippen LogP contribution < -0.4 is 16.6 Å². The molecule has 1 aromatic heterocycles. The van der Waals surface area contributed by atoms with Crippen LogP contribution in [0.1, 0.15) is 35.7 Å². The van der Waals surface area contributed by atoms with Crippen LogP contribution in [-0.2, 0) is 0 Å². The third kappa shape index (κ3) is 3.13. The number of rotatable bonds is 4. The Kier molecular flexibility index (Phi) is 4.32. The highest BCUT2D eigenvalue weighted by Gasteiger charge is 2.12. The van der Waals surface area contributed by atoms with E-state index >= 15 is 0 Å². The second-order valence-corrected chi connectivity index (χ2v) is 4.78. The lowest BCUT2D eigenvalue weighted by molar-refractivity contribution is 0.102. The maximum atomic E-state index is 12.2. The molecule has 0 aliphatic carbocycles. The lowest BCUT2D eigenvalue weighted by atomic mass is 10.0. The van der Waals surface area contributed by atoms with E-state index in [0.29, 0.717) is 17.3 Å². The van der Waals surface area contributed by atoms with E-state index in [1.165, 1.54) is 5.56 Å². The topological polar surface area (TPSA) is 80.0 Å². The number of aromatic nitrogens is 1. The number of hydrazine groups is 1. The van der Waals surface area contributed by atoms with Crippen molar-refractivity contribution in [2.75, 3.05) is 10.7 Å². The van der Waals surface area contributed by atoms with Crippen LogP contribution in [0.5, 0.6) is 0 Å². The van der Waals surface area contributed by atoms with Crippen molar-refractivity contribution >= 4 is 17.4 Å². The van der Waals surface area contributed by atoms with Gasteiger partial charge in [0.25, 0.3) is 5.91 Å². The summed E-state index contributed by atoms with van der Waals surface area (Å²) in [5.74, 6) is 5.87. The Balaban J connectivity index is 2.21. The minimum atomic E-state index is -0.244. The first-order valence-corrected chi connectivity index (χ1v) is 6.44. The number of amides is 1. The minimum Gasteiger partial charge on any atom is -0.322 e. The van der Waals surface area contributed by atoms with Gasteiger partial charge in [0.2, 0.25) is 0 Å². The van der Waals surface area contributed by atoms with Gasteiger partial charge in [0.05, 0.1) is 5.56 Å². The van der Waals surface area contributed by atoms with Crippen LogP contribution in [-0.4, -0.2) is 10.9 Å². The number of hydrogen-bond acceptors (Lipinski definition) is 4. The van der Waals surface area contributed by atoms with Crippen molar-refractivity contribution in [2.45, 2.75) is 19.8 Å². The summed E-state index contributed by atoms with van der Waals surface area (Å²) >= 11 is 0. The van der Waals surface area contributed by atoms with Gasteiger partial charge in [-0.05, 0) is 35.7 Å². The molecule has 104 valence electrons. The zero-order chi connectivity index (χ0) is 14.5. The molecule has 0 saturated heterocycles. The molecule has 0 aliphatic heterocycles. The molecule has 0 atom stereocenters. The number of nitrogens with one attached hydrogen (secondary N) is 2. The maximum absolute atomic E-state index is 12.2. The van der Waals surface area contributed by atoms with Gasteiger partial charge in [-0.25, -0.2) is 10.8 Å². The van der Waals surface area contributed by atoms with E-state index in [-0.39, 0.29) is 5.91 Å². The first-order chi connectivity index (χ1) is 9.61. The molecule has 1 heterocycles. The van der Waals surface area contributed by atoms with Crippen molar-refractivity contribution in [1.29, 1.82) is 0 Å². The molecule has 0 saturated carbocycles. The smallest absolute Gasteiger partial charge is 0.259 e. The van der Waals surface area contributed by atoms with Crippen LogP contribution in [0.3, 0.4) is 0 Å². The Hall–Kier alpha value is -2.40. The van der Waals surface area contributed by atoms with Gasteiger partial charge in [-0.2, -0.15) is 0 Å². The molecule has 4 N–H and O–H groups in total. The molecule has 2 aromatic rings. The molecule has 1 aromatic carbocycles. The normalized spacial score (nSPS) is 10.4. The molecule has 0 bridgehead atoms. The van der Waals surface area contributed by atoms with E-state index in [9.17, 15) is 4.79 Å². The monoisotopic (exact) mass is 270 g/mol. The highest BCUT2D eigenvalue weighted by molar-refractivity contribution is 6.07. The molecule has 1 amide bonds. The molecule has 0 radical (unpaired) electrons. The summed E-state index contributed by atoms with van der Waals surface area (Å²) in [7, 11) is 0. The Morgan fingerprint density at radius 3 is 2.75 bits per heavy atom. The second kappa shape index (κ2) is 6.16. The third-order valence-corrected chi connectivity index (χ3v) is 3.00. The first-order valence-electron chi connectivity index (χ1n) is 6.44. The molecular weight excluding hydrogens is 252 g/mol. The van der Waals surface area contributed by atoms with Crippen molar-refractivity contribution in [1.82, 2.24) is 4.98 Å². The third-order valence-electron chi connectivity index (χ3n) is 3.00. The van der Waals surface area contributed by atoms with Crippen molar-refractivity contribution in [2.24, 2.45) is 5.84 Å². The van der Waals surface area contributed by atoms with Crippen LogP contribution in [0.25, 0.3) is 0 Å². The number of carbonyl (C=O) groups excluding carboxylic acids is 1. The van der Waals surface area contributed by atoms with Crippen LogP contribution in [0.4, 0.5) is 11.5 Å². The number of pyridine rings is 1. The maximum Gasteiger partial charge on any atom is 0.259 e. The van der Waals surface area contributed by atoms with Crippen molar-refractivity contribution in [3.8, 4) is 0 Å². The summed E-state index contributed by atoms with van der Waals surface area (Å²) < 4.78 is 0. The number of benzene rings is 1. The average Bonchev–Trinajstić information content (AvgIpc) is 2.47. The van der Waals surface area contributed by atoms with E-state index in [0.717, 1.165) is 5.69 Å². The van der Waals surface area contributed by atoms with Crippen LogP contribution in [0.2, 0.25) is 0 Å². The SMILES string of the molecule is CC(C)c1cccc(NC(=O)c2cccnc2NN)c1. The van der Waals surface area contributed by atoms with Gasteiger partial charge in [-0.1, -0.05) is 26.0 Å². The van der Waals surface area contributed by atoms with Crippen molar-refractivity contribution in [3.63, 3.8) is 0 Å². The van der Waals surface area contributed by atoms with Gasteiger partial charge >= 0.3 is 0 Å². The predicted molar refractivity (Wildman–Crippen MR) is 80.5 cm³/mol.